The number of benzene rings is 2. The van der Waals surface area contributed by atoms with Crippen LogP contribution in [-0.4, -0.2) is 56.0 Å². The first-order valence-electron chi connectivity index (χ1n) is 13.4. The number of carbonyl (C=O) groups is 1. The SMILES string of the molecule is CN1CCCC(CCC2(CCC3CCCN(C)C3)C(=O)N(c3ccccc3)c3ccccc32)C1. The monoisotopic (exact) mass is 459 g/mol. The van der Waals surface area contributed by atoms with E-state index in [-0.39, 0.29) is 0 Å². The number of rotatable bonds is 7. The quantitative estimate of drug-likeness (QED) is 0.520. The summed E-state index contributed by atoms with van der Waals surface area (Å²) in [6.45, 7) is 4.75. The molecule has 3 aliphatic heterocycles. The summed E-state index contributed by atoms with van der Waals surface area (Å²) in [6, 6.07) is 18.9. The predicted octanol–water partition coefficient (Wildman–Crippen LogP) is 5.85. The highest BCUT2D eigenvalue weighted by Crippen LogP contribution is 2.51. The van der Waals surface area contributed by atoms with Crippen molar-refractivity contribution in [1.82, 2.24) is 9.80 Å². The molecule has 182 valence electrons. The largest absolute Gasteiger partial charge is 0.306 e. The molecule has 0 radical (unpaired) electrons. The van der Waals surface area contributed by atoms with Crippen molar-refractivity contribution in [3.05, 3.63) is 60.2 Å². The van der Waals surface area contributed by atoms with Gasteiger partial charge in [-0.3, -0.25) is 9.69 Å². The Balaban J connectivity index is 1.46. The maximum Gasteiger partial charge on any atom is 0.242 e. The van der Waals surface area contributed by atoms with Crippen LogP contribution < -0.4 is 4.90 Å². The third-order valence-corrected chi connectivity index (χ3v) is 8.69. The molecule has 2 atom stereocenters. The van der Waals surface area contributed by atoms with E-state index in [2.05, 4.69) is 60.3 Å². The molecule has 2 unspecified atom stereocenters. The zero-order valence-electron chi connectivity index (χ0n) is 21.1. The smallest absolute Gasteiger partial charge is 0.242 e. The number of carbonyl (C=O) groups excluding carboxylic acids is 1. The maximum absolute atomic E-state index is 14.5. The molecule has 0 N–H and O–H groups in total. The second-order valence-electron chi connectivity index (χ2n) is 11.2. The molecule has 4 nitrogen and oxygen atoms in total. The lowest BCUT2D eigenvalue weighted by Gasteiger charge is -2.36. The van der Waals surface area contributed by atoms with Gasteiger partial charge in [-0.15, -0.1) is 0 Å². The average Bonchev–Trinajstić information content (AvgIpc) is 3.10. The van der Waals surface area contributed by atoms with Crippen LogP contribution in [0.3, 0.4) is 0 Å². The molecule has 0 aromatic heterocycles. The highest BCUT2D eigenvalue weighted by atomic mass is 16.2. The lowest BCUT2D eigenvalue weighted by atomic mass is 9.70. The molecule has 5 rings (SSSR count). The molecule has 34 heavy (non-hydrogen) atoms. The van der Waals surface area contributed by atoms with Gasteiger partial charge in [-0.2, -0.15) is 0 Å². The molecule has 4 heteroatoms. The van der Waals surface area contributed by atoms with E-state index >= 15 is 0 Å². The Labute approximate surface area is 205 Å². The number of likely N-dealkylation sites (tertiary alicyclic amines) is 2. The van der Waals surface area contributed by atoms with Crippen LogP contribution in [0.4, 0.5) is 11.4 Å². The summed E-state index contributed by atoms with van der Waals surface area (Å²) in [5.41, 5.74) is 2.95. The zero-order chi connectivity index (χ0) is 23.5. The Morgan fingerprint density at radius 3 is 1.94 bits per heavy atom. The van der Waals surface area contributed by atoms with Crippen molar-refractivity contribution in [1.29, 1.82) is 0 Å². The van der Waals surface area contributed by atoms with Crippen molar-refractivity contribution in [2.45, 2.75) is 56.8 Å². The summed E-state index contributed by atoms with van der Waals surface area (Å²) in [7, 11) is 4.49. The van der Waals surface area contributed by atoms with E-state index in [1.807, 2.05) is 23.1 Å². The van der Waals surface area contributed by atoms with E-state index in [4.69, 9.17) is 0 Å². The summed E-state index contributed by atoms with van der Waals surface area (Å²) >= 11 is 0. The highest BCUT2D eigenvalue weighted by Gasteiger charge is 2.51. The van der Waals surface area contributed by atoms with E-state index in [0.717, 1.165) is 37.1 Å². The molecule has 0 aliphatic carbocycles. The zero-order valence-corrected chi connectivity index (χ0v) is 21.1. The van der Waals surface area contributed by atoms with Crippen molar-refractivity contribution in [2.75, 3.05) is 45.2 Å². The first-order valence-corrected chi connectivity index (χ1v) is 13.4. The van der Waals surface area contributed by atoms with Gasteiger partial charge in [0.15, 0.2) is 0 Å². The van der Waals surface area contributed by atoms with Gasteiger partial charge in [0.2, 0.25) is 5.91 Å². The number of hydrogen-bond acceptors (Lipinski definition) is 3. The van der Waals surface area contributed by atoms with Crippen LogP contribution in [0.2, 0.25) is 0 Å². The van der Waals surface area contributed by atoms with Crippen LogP contribution in [0, 0.1) is 11.8 Å². The molecule has 0 bridgehead atoms. The molecule has 1 amide bonds. The topological polar surface area (TPSA) is 26.8 Å². The fourth-order valence-corrected chi connectivity index (χ4v) is 6.87. The number of piperidine rings is 2. The number of para-hydroxylation sites is 2. The fourth-order valence-electron chi connectivity index (χ4n) is 6.87. The minimum atomic E-state index is -0.404. The van der Waals surface area contributed by atoms with Gasteiger partial charge in [0.1, 0.15) is 0 Å². The molecule has 2 fully saturated rings. The van der Waals surface area contributed by atoms with Crippen molar-refractivity contribution in [2.24, 2.45) is 11.8 Å². The van der Waals surface area contributed by atoms with Gasteiger partial charge >= 0.3 is 0 Å². The molecule has 3 heterocycles. The lowest BCUT2D eigenvalue weighted by molar-refractivity contribution is -0.123. The van der Waals surface area contributed by atoms with Gasteiger partial charge in [-0.1, -0.05) is 36.4 Å². The van der Waals surface area contributed by atoms with Crippen molar-refractivity contribution >= 4 is 17.3 Å². The Bertz CT molecular complexity index is 948. The van der Waals surface area contributed by atoms with Crippen LogP contribution in [-0.2, 0) is 10.2 Å². The lowest BCUT2D eigenvalue weighted by Crippen LogP contribution is -2.41. The molecule has 2 aromatic carbocycles. The summed E-state index contributed by atoms with van der Waals surface area (Å²) in [4.78, 5) is 21.4. The Hall–Kier alpha value is -2.17. The predicted molar refractivity (Wildman–Crippen MR) is 141 cm³/mol. The Morgan fingerprint density at radius 2 is 1.35 bits per heavy atom. The van der Waals surface area contributed by atoms with Crippen LogP contribution in [0.25, 0.3) is 0 Å². The number of nitrogens with zero attached hydrogens (tertiary/aromatic N) is 3. The molecular weight excluding hydrogens is 418 g/mol. The Morgan fingerprint density at radius 1 is 0.794 bits per heavy atom. The van der Waals surface area contributed by atoms with Gasteiger partial charge in [-0.25, -0.2) is 0 Å². The molecular formula is C30H41N3O. The van der Waals surface area contributed by atoms with Gasteiger partial charge in [0, 0.05) is 18.8 Å². The van der Waals surface area contributed by atoms with E-state index in [9.17, 15) is 4.79 Å². The molecule has 3 aliphatic rings. The van der Waals surface area contributed by atoms with E-state index in [1.54, 1.807) is 0 Å². The molecule has 2 aromatic rings. The third-order valence-electron chi connectivity index (χ3n) is 8.69. The molecule has 0 saturated carbocycles. The normalized spacial score (nSPS) is 28.3. The van der Waals surface area contributed by atoms with E-state index in [0.29, 0.717) is 17.7 Å². The fraction of sp³-hybridized carbons (Fsp3) is 0.567. The summed E-state index contributed by atoms with van der Waals surface area (Å²) in [5, 5.41) is 0. The summed E-state index contributed by atoms with van der Waals surface area (Å²) in [5.74, 6) is 1.69. The maximum atomic E-state index is 14.5. The number of amides is 1. The van der Waals surface area contributed by atoms with Crippen LogP contribution >= 0.6 is 0 Å². The summed E-state index contributed by atoms with van der Waals surface area (Å²) in [6.07, 6.45) is 9.36. The first kappa shape index (κ1) is 23.6. The Kier molecular flexibility index (Phi) is 7.08. The van der Waals surface area contributed by atoms with Gasteiger partial charge in [0.05, 0.1) is 11.1 Å². The second-order valence-corrected chi connectivity index (χ2v) is 11.2. The van der Waals surface area contributed by atoms with E-state index < -0.39 is 5.41 Å². The van der Waals surface area contributed by atoms with Gasteiger partial charge in [0.25, 0.3) is 0 Å². The van der Waals surface area contributed by atoms with Gasteiger partial charge < -0.3 is 9.80 Å². The van der Waals surface area contributed by atoms with Crippen LogP contribution in [0.5, 0.6) is 0 Å². The van der Waals surface area contributed by atoms with Crippen LogP contribution in [0.1, 0.15) is 56.9 Å². The second kappa shape index (κ2) is 10.2. The minimum Gasteiger partial charge on any atom is -0.306 e. The number of fused-ring (bicyclic) bond motifs is 1. The number of anilines is 2. The van der Waals surface area contributed by atoms with Crippen molar-refractivity contribution in [3.63, 3.8) is 0 Å². The third kappa shape index (κ3) is 4.67. The van der Waals surface area contributed by atoms with Crippen molar-refractivity contribution < 1.29 is 4.79 Å². The molecule has 0 spiro atoms. The minimum absolute atomic E-state index is 0.299. The van der Waals surface area contributed by atoms with Gasteiger partial charge in [-0.05, 0) is 114 Å². The number of hydrogen-bond donors (Lipinski definition) is 0. The first-order chi connectivity index (χ1) is 16.6. The standard InChI is InChI=1S/C30H41N3O/c1-31-20-8-10-24(22-31)16-18-30(19-17-25-11-9-21-32(2)23-25)27-14-6-7-15-28(27)33(29(30)34)26-12-4-3-5-13-26/h3-7,12-15,24-25H,8-11,16-23H2,1-2H3. The van der Waals surface area contributed by atoms with Crippen LogP contribution in [0.15, 0.2) is 54.6 Å². The van der Waals surface area contributed by atoms with E-state index in [1.165, 1.54) is 57.4 Å². The van der Waals surface area contributed by atoms with Crippen molar-refractivity contribution in [3.8, 4) is 0 Å². The summed E-state index contributed by atoms with van der Waals surface area (Å²) < 4.78 is 0. The molecule has 2 saturated heterocycles. The average molecular weight is 460 g/mol. The highest BCUT2D eigenvalue weighted by molar-refractivity contribution is 6.13.